The predicted octanol–water partition coefficient (Wildman–Crippen LogP) is 13.6. The molecule has 0 radical (unpaired) electrons. The smallest absolute Gasteiger partial charge is 0.305 e. The van der Waals surface area contributed by atoms with E-state index in [9.17, 15) is 14.4 Å². The first-order chi connectivity index (χ1) is 27.2. The molecule has 0 bridgehead atoms. The van der Waals surface area contributed by atoms with Crippen LogP contribution in [0.25, 0.3) is 0 Å². The second kappa shape index (κ2) is 40.2. The highest BCUT2D eigenvalue weighted by molar-refractivity contribution is 5.75. The Morgan fingerprint density at radius 3 is 1.29 bits per heavy atom. The number of unbranched alkanes of at least 4 members (excludes halogenated alkanes) is 18. The Morgan fingerprint density at radius 2 is 0.821 bits per heavy atom. The first kappa shape index (κ1) is 54.4. The topological polar surface area (TPSA) is 76.2 Å². The molecule has 7 heteroatoms. The summed E-state index contributed by atoms with van der Waals surface area (Å²) in [6.45, 7) is 14.5. The maximum atomic E-state index is 12.3. The minimum atomic E-state index is -0.0230. The maximum absolute atomic E-state index is 12.3. The third-order valence-corrected chi connectivity index (χ3v) is 12.1. The molecule has 0 aromatic heterocycles. The number of hydrogen-bond donors (Lipinski definition) is 0. The summed E-state index contributed by atoms with van der Waals surface area (Å²) in [4.78, 5) is 41.3. The molecule has 0 aliphatic carbocycles. The number of ether oxygens (including phenoxy) is 2. The summed E-state index contributed by atoms with van der Waals surface area (Å²) < 4.78 is 11.1. The summed E-state index contributed by atoms with van der Waals surface area (Å²) in [7, 11) is 3.72. The fourth-order valence-electron chi connectivity index (χ4n) is 7.77. The van der Waals surface area contributed by atoms with E-state index >= 15 is 0 Å². The number of hydrogen-bond acceptors (Lipinski definition) is 6. The van der Waals surface area contributed by atoms with E-state index in [0.717, 1.165) is 70.8 Å². The van der Waals surface area contributed by atoms with Crippen LogP contribution in [0.5, 0.6) is 0 Å². The minimum absolute atomic E-state index is 0.0116. The van der Waals surface area contributed by atoms with Gasteiger partial charge in [0.25, 0.3) is 0 Å². The molecule has 0 spiro atoms. The van der Waals surface area contributed by atoms with Crippen molar-refractivity contribution in [3.8, 4) is 0 Å². The first-order valence-electron chi connectivity index (χ1n) is 24.5. The van der Waals surface area contributed by atoms with Crippen LogP contribution in [0.1, 0.15) is 240 Å². The average molecular weight is 793 g/mol. The summed E-state index contributed by atoms with van der Waals surface area (Å²) in [6, 6.07) is 0.614. The zero-order valence-electron chi connectivity index (χ0n) is 38.6. The molecule has 332 valence electrons. The van der Waals surface area contributed by atoms with Crippen LogP contribution in [-0.2, 0) is 23.9 Å². The fraction of sp³-hybridized carbons (Fsp3) is 0.939. The molecule has 0 heterocycles. The van der Waals surface area contributed by atoms with E-state index in [1.807, 2.05) is 14.1 Å². The molecule has 2 atom stereocenters. The predicted molar refractivity (Wildman–Crippen MR) is 239 cm³/mol. The monoisotopic (exact) mass is 793 g/mol. The normalized spacial score (nSPS) is 12.7. The summed E-state index contributed by atoms with van der Waals surface area (Å²) in [5.74, 6) is 1.21. The Hall–Kier alpha value is -1.63. The van der Waals surface area contributed by atoms with Crippen molar-refractivity contribution >= 4 is 17.8 Å². The molecule has 0 aliphatic heterocycles. The van der Waals surface area contributed by atoms with Crippen molar-refractivity contribution in [2.75, 3.05) is 40.4 Å². The van der Waals surface area contributed by atoms with Crippen LogP contribution in [0.2, 0.25) is 0 Å². The number of carbonyl (C=O) groups is 3. The summed E-state index contributed by atoms with van der Waals surface area (Å²) >= 11 is 0. The van der Waals surface area contributed by atoms with Gasteiger partial charge >= 0.3 is 11.9 Å². The van der Waals surface area contributed by atoms with Crippen molar-refractivity contribution in [1.82, 2.24) is 9.80 Å². The van der Waals surface area contributed by atoms with Crippen molar-refractivity contribution in [2.45, 2.75) is 246 Å². The lowest BCUT2D eigenvalue weighted by Crippen LogP contribution is -2.37. The molecule has 0 rings (SSSR count). The highest BCUT2D eigenvalue weighted by Crippen LogP contribution is 2.22. The molecule has 0 saturated heterocycles. The van der Waals surface area contributed by atoms with Crippen molar-refractivity contribution in [3.63, 3.8) is 0 Å². The molecule has 0 aromatic rings. The Morgan fingerprint density at radius 1 is 0.429 bits per heavy atom. The van der Waals surface area contributed by atoms with Gasteiger partial charge in [-0.15, -0.1) is 0 Å². The van der Waals surface area contributed by atoms with Gasteiger partial charge in [0.15, 0.2) is 0 Å². The SMILES string of the molecule is CCCCCCCCCN(CCCCC(=O)N(C)C)C(CCCCCCCCC(=O)OCC(CC)CC)CCCCCCCCC(=O)OCC(CC)CCCC. The number of nitrogens with zero attached hydrogens (tertiary/aromatic N) is 2. The molecule has 1 amide bonds. The lowest BCUT2D eigenvalue weighted by Gasteiger charge is -2.32. The van der Waals surface area contributed by atoms with E-state index < -0.39 is 0 Å². The molecule has 0 saturated carbocycles. The molecule has 2 unspecified atom stereocenters. The molecule has 0 aromatic carbocycles. The van der Waals surface area contributed by atoms with E-state index in [4.69, 9.17) is 9.47 Å². The molecular formula is C49H96N2O5. The number of esters is 2. The molecular weight excluding hydrogens is 697 g/mol. The van der Waals surface area contributed by atoms with Gasteiger partial charge in [-0.3, -0.25) is 14.4 Å². The minimum Gasteiger partial charge on any atom is -0.465 e. The van der Waals surface area contributed by atoms with Crippen molar-refractivity contribution in [3.05, 3.63) is 0 Å². The zero-order valence-corrected chi connectivity index (χ0v) is 38.6. The van der Waals surface area contributed by atoms with Gasteiger partial charge in [-0.25, -0.2) is 0 Å². The van der Waals surface area contributed by atoms with E-state index in [-0.39, 0.29) is 17.8 Å². The van der Waals surface area contributed by atoms with E-state index in [1.165, 1.54) is 129 Å². The van der Waals surface area contributed by atoms with E-state index in [1.54, 1.807) is 4.90 Å². The van der Waals surface area contributed by atoms with Crippen LogP contribution in [0.4, 0.5) is 0 Å². The van der Waals surface area contributed by atoms with Crippen LogP contribution in [0, 0.1) is 11.8 Å². The third-order valence-electron chi connectivity index (χ3n) is 12.1. The number of carbonyl (C=O) groups excluding carboxylic acids is 3. The largest absolute Gasteiger partial charge is 0.465 e. The third kappa shape index (κ3) is 33.4. The fourth-order valence-corrected chi connectivity index (χ4v) is 7.77. The van der Waals surface area contributed by atoms with E-state index in [2.05, 4.69) is 39.5 Å². The standard InChI is InChI=1S/C49H96N2O5/c1-8-13-15-16-21-26-32-40-51(41-33-31-37-47(52)50(6)7)46(35-27-22-17-19-24-29-38-48(53)55-42-44(10-3)11-4)36-28-23-18-20-25-30-39-49(54)56-43-45(12-5)34-14-9-2/h44-46H,8-43H2,1-7H3. The van der Waals surface area contributed by atoms with Crippen LogP contribution in [0.3, 0.4) is 0 Å². The van der Waals surface area contributed by atoms with Gasteiger partial charge in [0.05, 0.1) is 13.2 Å². The van der Waals surface area contributed by atoms with Crippen LogP contribution < -0.4 is 0 Å². The van der Waals surface area contributed by atoms with Gasteiger partial charge in [-0.05, 0) is 76.3 Å². The second-order valence-electron chi connectivity index (χ2n) is 17.3. The maximum Gasteiger partial charge on any atom is 0.305 e. The van der Waals surface area contributed by atoms with Gasteiger partial charge in [0.2, 0.25) is 5.91 Å². The second-order valence-corrected chi connectivity index (χ2v) is 17.3. The number of rotatable bonds is 42. The van der Waals surface area contributed by atoms with E-state index in [0.29, 0.717) is 50.4 Å². The van der Waals surface area contributed by atoms with Crippen molar-refractivity contribution in [1.29, 1.82) is 0 Å². The molecule has 0 aliphatic rings. The molecule has 7 nitrogen and oxygen atoms in total. The van der Waals surface area contributed by atoms with Gasteiger partial charge in [0, 0.05) is 39.4 Å². The lowest BCUT2D eigenvalue weighted by atomic mass is 9.97. The molecule has 0 N–H and O–H groups in total. The van der Waals surface area contributed by atoms with Crippen LogP contribution in [0.15, 0.2) is 0 Å². The van der Waals surface area contributed by atoms with Crippen molar-refractivity contribution < 1.29 is 23.9 Å². The van der Waals surface area contributed by atoms with Gasteiger partial charge < -0.3 is 19.3 Å². The zero-order chi connectivity index (χ0) is 41.5. The van der Waals surface area contributed by atoms with Crippen molar-refractivity contribution in [2.24, 2.45) is 11.8 Å². The Kier molecular flexibility index (Phi) is 39.0. The van der Waals surface area contributed by atoms with Crippen LogP contribution in [-0.4, -0.2) is 74.1 Å². The van der Waals surface area contributed by atoms with Gasteiger partial charge in [-0.1, -0.05) is 169 Å². The lowest BCUT2D eigenvalue weighted by molar-refractivity contribution is -0.146. The Bertz CT molecular complexity index is 892. The molecule has 0 fully saturated rings. The first-order valence-corrected chi connectivity index (χ1v) is 24.5. The summed E-state index contributed by atoms with van der Waals surface area (Å²) in [6.07, 6.45) is 36.5. The summed E-state index contributed by atoms with van der Waals surface area (Å²) in [5, 5.41) is 0. The quantitative estimate of drug-likeness (QED) is 0.0453. The highest BCUT2D eigenvalue weighted by atomic mass is 16.5. The average Bonchev–Trinajstić information content (AvgIpc) is 3.19. The highest BCUT2D eigenvalue weighted by Gasteiger charge is 2.18. The number of amides is 1. The Labute approximate surface area is 348 Å². The molecule has 56 heavy (non-hydrogen) atoms. The van der Waals surface area contributed by atoms with Gasteiger partial charge in [0.1, 0.15) is 0 Å². The van der Waals surface area contributed by atoms with Crippen LogP contribution >= 0.6 is 0 Å². The van der Waals surface area contributed by atoms with Gasteiger partial charge in [-0.2, -0.15) is 0 Å². The summed E-state index contributed by atoms with van der Waals surface area (Å²) in [5.41, 5.74) is 0. The Balaban J connectivity index is 4.93.